The van der Waals surface area contributed by atoms with Gasteiger partial charge >= 0.3 is 7.82 Å². The van der Waals surface area contributed by atoms with Crippen LogP contribution in [0.15, 0.2) is 89.5 Å². The lowest BCUT2D eigenvalue weighted by Gasteiger charge is -2.31. The molecule has 7 nitrogen and oxygen atoms in total. The van der Waals surface area contributed by atoms with Crippen molar-refractivity contribution < 1.29 is 32.3 Å². The maximum Gasteiger partial charge on any atom is 0.647 e. The van der Waals surface area contributed by atoms with Crippen molar-refractivity contribution in [2.45, 2.75) is 104 Å². The third kappa shape index (κ3) is 8.44. The fourth-order valence-corrected chi connectivity index (χ4v) is 10.6. The highest BCUT2D eigenvalue weighted by atomic mass is 31.2. The summed E-state index contributed by atoms with van der Waals surface area (Å²) in [5, 5.41) is 0. The molecule has 0 fully saturated rings. The monoisotopic (exact) mass is 782 g/mol. The van der Waals surface area contributed by atoms with E-state index in [1.807, 2.05) is 54.6 Å². The first-order valence-corrected chi connectivity index (χ1v) is 21.3. The van der Waals surface area contributed by atoms with Gasteiger partial charge in [0, 0.05) is 32.9 Å². The zero-order valence-electron chi connectivity index (χ0n) is 36.4. The Labute approximate surface area is 336 Å². The highest BCUT2D eigenvalue weighted by Crippen LogP contribution is 2.55. The first-order valence-electron chi connectivity index (χ1n) is 19.8. The molecule has 3 aromatic carbocycles. The van der Waals surface area contributed by atoms with Crippen LogP contribution in [0.3, 0.4) is 0 Å². The van der Waals surface area contributed by atoms with Crippen LogP contribution in [0, 0.1) is 32.5 Å². The topological polar surface area (TPSA) is 72.5 Å². The molecule has 6 rings (SSSR count). The van der Waals surface area contributed by atoms with Gasteiger partial charge in [0.15, 0.2) is 0 Å². The van der Waals surface area contributed by atoms with Crippen molar-refractivity contribution in [1.29, 1.82) is 0 Å². The molecule has 0 saturated carbocycles. The highest BCUT2D eigenvalue weighted by Gasteiger charge is 2.44. The van der Waals surface area contributed by atoms with Gasteiger partial charge in [-0.05, 0) is 69.4 Å². The van der Waals surface area contributed by atoms with E-state index >= 15 is 4.57 Å². The highest BCUT2D eigenvalue weighted by molar-refractivity contribution is 7.49. The largest absolute Gasteiger partial charge is 0.647 e. The summed E-state index contributed by atoms with van der Waals surface area (Å²) < 4.78 is 53.4. The molecule has 0 amide bonds. The van der Waals surface area contributed by atoms with Gasteiger partial charge in [0.2, 0.25) is 0 Å². The second kappa shape index (κ2) is 14.1. The fraction of sp³-hybridized carbons (Fsp3) is 0.500. The first-order chi connectivity index (χ1) is 25.7. The van der Waals surface area contributed by atoms with E-state index in [4.69, 9.17) is 27.8 Å². The molecule has 0 spiro atoms. The molecule has 0 aromatic heterocycles. The Kier molecular flexibility index (Phi) is 10.4. The molecule has 0 bridgehead atoms. The first kappa shape index (κ1) is 41.5. The molecule has 3 heterocycles. The maximum atomic E-state index is 15.2. The summed E-state index contributed by atoms with van der Waals surface area (Å²) in [6, 6.07) is 22.4. The SMILES string of the molecule is CC(C)(C)C1=C(c2cccc(OP(=O)(Oc3cccc(C4=C(C(C)(C)C)C(C)(C)CO4)c3)Oc3cccc(C4=C(C(C)(C)C)C(C)(C)CO4)c3)c2)OCC1(C)C. The van der Waals surface area contributed by atoms with Crippen molar-refractivity contribution in [1.82, 2.24) is 0 Å². The number of rotatable bonds is 9. The predicted octanol–water partition coefficient (Wildman–Crippen LogP) is 13.8. The van der Waals surface area contributed by atoms with Crippen molar-refractivity contribution in [2.24, 2.45) is 32.5 Å². The molecule has 302 valence electrons. The van der Waals surface area contributed by atoms with Crippen molar-refractivity contribution in [3.05, 3.63) is 106 Å². The Hall–Kier alpha value is -4.09. The minimum atomic E-state index is -4.43. The Morgan fingerprint density at radius 3 is 0.946 bits per heavy atom. The Morgan fingerprint density at radius 1 is 0.464 bits per heavy atom. The van der Waals surface area contributed by atoms with Gasteiger partial charge in [0.05, 0.1) is 19.8 Å². The average Bonchev–Trinajstić information content (AvgIpc) is 3.69. The van der Waals surface area contributed by atoms with E-state index in [1.165, 1.54) is 16.7 Å². The minimum Gasteiger partial charge on any atom is -0.492 e. The molecular formula is C48H63O7P. The normalized spacial score (nSPS) is 19.5. The molecule has 3 aliphatic heterocycles. The maximum absolute atomic E-state index is 15.2. The van der Waals surface area contributed by atoms with Crippen LogP contribution in [0.4, 0.5) is 0 Å². The smallest absolute Gasteiger partial charge is 0.492 e. The molecule has 0 radical (unpaired) electrons. The predicted molar refractivity (Wildman–Crippen MR) is 227 cm³/mol. The molecule has 0 atom stereocenters. The third-order valence-corrected chi connectivity index (χ3v) is 11.9. The van der Waals surface area contributed by atoms with Gasteiger partial charge in [-0.3, -0.25) is 0 Å². The van der Waals surface area contributed by atoms with Crippen LogP contribution in [0.5, 0.6) is 17.2 Å². The van der Waals surface area contributed by atoms with E-state index in [0.29, 0.717) is 37.1 Å². The number of hydrogen-bond donors (Lipinski definition) is 0. The lowest BCUT2D eigenvalue weighted by molar-refractivity contribution is 0.213. The van der Waals surface area contributed by atoms with Crippen molar-refractivity contribution in [3.63, 3.8) is 0 Å². The van der Waals surface area contributed by atoms with Crippen LogP contribution in [-0.2, 0) is 18.8 Å². The van der Waals surface area contributed by atoms with Crippen LogP contribution >= 0.6 is 7.82 Å². The van der Waals surface area contributed by atoms with E-state index in [2.05, 4.69) is 104 Å². The summed E-state index contributed by atoms with van der Waals surface area (Å²) in [7, 11) is -4.43. The molecular weight excluding hydrogens is 719 g/mol. The molecule has 0 N–H and O–H groups in total. The summed E-state index contributed by atoms with van der Waals surface area (Å²) in [6.07, 6.45) is 0. The second-order valence-corrected chi connectivity index (χ2v) is 22.1. The van der Waals surface area contributed by atoms with Gasteiger partial charge in [-0.25, -0.2) is 0 Å². The second-order valence-electron chi connectivity index (χ2n) is 20.7. The molecule has 8 heteroatoms. The molecule has 3 aromatic rings. The van der Waals surface area contributed by atoms with Crippen LogP contribution in [0.25, 0.3) is 17.3 Å². The van der Waals surface area contributed by atoms with Gasteiger partial charge in [-0.1, -0.05) is 140 Å². The van der Waals surface area contributed by atoms with Gasteiger partial charge in [-0.2, -0.15) is 4.57 Å². The van der Waals surface area contributed by atoms with E-state index in [9.17, 15) is 0 Å². The zero-order valence-corrected chi connectivity index (χ0v) is 37.2. The van der Waals surface area contributed by atoms with Gasteiger partial charge in [0.25, 0.3) is 0 Å². The summed E-state index contributed by atoms with van der Waals surface area (Å²) >= 11 is 0. The average molecular weight is 783 g/mol. The molecule has 3 aliphatic rings. The lowest BCUT2D eigenvalue weighted by Crippen LogP contribution is -2.24. The quantitative estimate of drug-likeness (QED) is 0.200. The van der Waals surface area contributed by atoms with E-state index in [1.54, 1.807) is 18.2 Å². The van der Waals surface area contributed by atoms with Gasteiger partial charge < -0.3 is 27.8 Å². The summed E-state index contributed by atoms with van der Waals surface area (Å²) in [6.45, 7) is 34.7. The van der Waals surface area contributed by atoms with Crippen LogP contribution in [-0.4, -0.2) is 19.8 Å². The van der Waals surface area contributed by atoms with Crippen LogP contribution in [0.1, 0.15) is 121 Å². The lowest BCUT2D eigenvalue weighted by atomic mass is 9.71. The van der Waals surface area contributed by atoms with Gasteiger partial charge in [0.1, 0.15) is 34.5 Å². The Morgan fingerprint density at radius 2 is 0.714 bits per heavy atom. The van der Waals surface area contributed by atoms with Crippen LogP contribution < -0.4 is 13.6 Å². The number of hydrogen-bond acceptors (Lipinski definition) is 7. The van der Waals surface area contributed by atoms with E-state index < -0.39 is 7.82 Å². The van der Waals surface area contributed by atoms with E-state index in [0.717, 1.165) is 34.0 Å². The summed E-state index contributed by atoms with van der Waals surface area (Å²) in [4.78, 5) is 0. The Balaban J connectivity index is 1.42. The Bertz CT molecular complexity index is 1900. The van der Waals surface area contributed by atoms with Gasteiger partial charge in [-0.15, -0.1) is 0 Å². The molecule has 0 saturated heterocycles. The zero-order chi connectivity index (χ0) is 41.3. The number of ether oxygens (including phenoxy) is 3. The minimum absolute atomic E-state index is 0.134. The van der Waals surface area contributed by atoms with Crippen LogP contribution in [0.2, 0.25) is 0 Å². The standard InChI is InChI=1S/C48H63O7P/c1-43(2,3)40-37(50-28-46(40,10)11)31-19-16-22-34(25-31)53-56(49,54-35-23-17-20-32(26-35)38-41(44(4,5)6)47(12,13)29-51-38)55-36-24-18-21-33(27-36)39-42(45(7,8)9)48(14,15)30-52-39/h16-27H,28-30H2,1-15H3. The number of phosphoric acid groups is 1. The molecule has 0 unspecified atom stereocenters. The van der Waals surface area contributed by atoms with Crippen molar-refractivity contribution >= 4 is 25.1 Å². The summed E-state index contributed by atoms with van der Waals surface area (Å²) in [5.41, 5.74) is 5.30. The molecule has 0 aliphatic carbocycles. The number of benzene rings is 3. The third-order valence-electron chi connectivity index (χ3n) is 10.6. The number of phosphoric ester groups is 1. The molecule has 56 heavy (non-hydrogen) atoms. The van der Waals surface area contributed by atoms with Crippen molar-refractivity contribution in [3.8, 4) is 17.2 Å². The van der Waals surface area contributed by atoms with E-state index in [-0.39, 0.29) is 32.5 Å². The van der Waals surface area contributed by atoms with Crippen molar-refractivity contribution in [2.75, 3.05) is 19.8 Å². The fourth-order valence-electron chi connectivity index (χ4n) is 9.39. The summed E-state index contributed by atoms with van der Waals surface area (Å²) in [5.74, 6) is 3.41.